The van der Waals surface area contributed by atoms with Crippen LogP contribution in [0.5, 0.6) is 0 Å². The molecule has 214 valence electrons. The van der Waals surface area contributed by atoms with E-state index in [1.807, 2.05) is 6.92 Å². The average molecular weight is 557 g/mol. The van der Waals surface area contributed by atoms with E-state index in [-0.39, 0.29) is 29.5 Å². The van der Waals surface area contributed by atoms with E-state index in [0.29, 0.717) is 29.4 Å². The first kappa shape index (κ1) is 28.1. The van der Waals surface area contributed by atoms with Crippen molar-refractivity contribution in [3.05, 3.63) is 46.1 Å². The van der Waals surface area contributed by atoms with E-state index >= 15 is 13.2 Å². The van der Waals surface area contributed by atoms with Gasteiger partial charge in [-0.3, -0.25) is 14.2 Å². The number of hydrogen-bond acceptors (Lipinski definition) is 6. The van der Waals surface area contributed by atoms with E-state index in [4.69, 9.17) is 0 Å². The molecule has 11 heteroatoms. The SMILES string of the molecule is CC(C)n1c(=O)c(-c2cc(F)c(NC(=O)[C@H]3C[C@@H]3C)c(F)c2F)cc2cnc(N[C@H]3CC[C@H](N(C)C)CC3)nc21. The molecule has 5 rings (SSSR count). The molecule has 0 radical (unpaired) electrons. The smallest absolute Gasteiger partial charge is 0.260 e. The van der Waals surface area contributed by atoms with E-state index in [1.165, 1.54) is 16.8 Å². The summed E-state index contributed by atoms with van der Waals surface area (Å²) in [6, 6.07) is 2.46. The van der Waals surface area contributed by atoms with Crippen molar-refractivity contribution < 1.29 is 18.0 Å². The van der Waals surface area contributed by atoms with Gasteiger partial charge in [0, 0.05) is 41.2 Å². The number of amides is 1. The molecule has 40 heavy (non-hydrogen) atoms. The Hall–Kier alpha value is -3.47. The van der Waals surface area contributed by atoms with Gasteiger partial charge in [0.1, 0.15) is 11.3 Å². The van der Waals surface area contributed by atoms with Gasteiger partial charge in [-0.05, 0) is 78.1 Å². The second-order valence-corrected chi connectivity index (χ2v) is 11.6. The van der Waals surface area contributed by atoms with Crippen molar-refractivity contribution in [2.45, 2.75) is 71.0 Å². The van der Waals surface area contributed by atoms with Crippen LogP contribution in [0.4, 0.5) is 24.8 Å². The van der Waals surface area contributed by atoms with Gasteiger partial charge < -0.3 is 15.5 Å². The third-order valence-electron chi connectivity index (χ3n) is 8.19. The minimum atomic E-state index is -1.55. The Morgan fingerprint density at radius 2 is 1.75 bits per heavy atom. The Morgan fingerprint density at radius 1 is 1.07 bits per heavy atom. The van der Waals surface area contributed by atoms with Crippen molar-refractivity contribution in [1.82, 2.24) is 19.4 Å². The first-order valence-electron chi connectivity index (χ1n) is 13.8. The average Bonchev–Trinajstić information content (AvgIpc) is 3.65. The number of halogens is 3. The van der Waals surface area contributed by atoms with Crippen molar-refractivity contribution >= 4 is 28.6 Å². The Morgan fingerprint density at radius 3 is 2.35 bits per heavy atom. The number of nitrogens with zero attached hydrogens (tertiary/aromatic N) is 4. The lowest BCUT2D eigenvalue weighted by Crippen LogP contribution is -2.36. The van der Waals surface area contributed by atoms with Gasteiger partial charge in [-0.1, -0.05) is 6.92 Å². The van der Waals surface area contributed by atoms with Gasteiger partial charge in [-0.2, -0.15) is 4.98 Å². The summed E-state index contributed by atoms with van der Waals surface area (Å²) in [7, 11) is 4.17. The molecule has 1 amide bonds. The van der Waals surface area contributed by atoms with E-state index in [9.17, 15) is 9.59 Å². The number of benzene rings is 1. The summed E-state index contributed by atoms with van der Waals surface area (Å²) in [5.41, 5.74) is -1.91. The molecule has 0 unspecified atom stereocenters. The molecule has 2 N–H and O–H groups in total. The number of rotatable bonds is 7. The van der Waals surface area contributed by atoms with E-state index in [0.717, 1.165) is 31.7 Å². The third kappa shape index (κ3) is 5.31. The van der Waals surface area contributed by atoms with Crippen LogP contribution in [-0.2, 0) is 4.79 Å². The van der Waals surface area contributed by atoms with Gasteiger partial charge >= 0.3 is 0 Å². The quantitative estimate of drug-likeness (QED) is 0.382. The molecule has 2 aliphatic rings. The maximum absolute atomic E-state index is 15.3. The number of carbonyl (C=O) groups is 1. The van der Waals surface area contributed by atoms with E-state index in [1.54, 1.807) is 13.8 Å². The second-order valence-electron chi connectivity index (χ2n) is 11.6. The standard InChI is InChI=1S/C29H35F3N6O2/c1-14(2)38-26-16(13-33-29(36-26)34-17-6-8-18(9-7-17)37(4)5)11-21(28(38)40)20-12-22(30)25(24(32)23(20)31)35-27(39)19-10-15(19)3/h11-15,17-19H,6-10H2,1-5H3,(H,35,39)(H,33,34,36)/t15-,17-,18-,19-/m0/s1. The van der Waals surface area contributed by atoms with Crippen molar-refractivity contribution in [3.8, 4) is 11.1 Å². The second kappa shape index (κ2) is 10.8. The number of carbonyl (C=O) groups excluding carboxylic acids is 1. The molecule has 0 saturated heterocycles. The molecule has 3 aromatic rings. The van der Waals surface area contributed by atoms with Crippen LogP contribution in [0.15, 0.2) is 23.1 Å². The van der Waals surface area contributed by atoms with Crippen LogP contribution in [0.2, 0.25) is 0 Å². The van der Waals surface area contributed by atoms with Gasteiger partial charge in [0.05, 0.1) is 5.56 Å². The van der Waals surface area contributed by atoms with Gasteiger partial charge in [0.2, 0.25) is 11.9 Å². The van der Waals surface area contributed by atoms with Gasteiger partial charge in [0.15, 0.2) is 17.5 Å². The summed E-state index contributed by atoms with van der Waals surface area (Å²) in [5.74, 6) is -4.54. The number of aromatic nitrogens is 3. The monoisotopic (exact) mass is 556 g/mol. The summed E-state index contributed by atoms with van der Waals surface area (Å²) in [4.78, 5) is 37.1. The van der Waals surface area contributed by atoms with Gasteiger partial charge in [-0.15, -0.1) is 0 Å². The fourth-order valence-electron chi connectivity index (χ4n) is 5.59. The number of hydrogen-bond donors (Lipinski definition) is 2. The molecule has 2 atom stereocenters. The van der Waals surface area contributed by atoms with Crippen LogP contribution >= 0.6 is 0 Å². The number of nitrogens with one attached hydrogen (secondary N) is 2. The van der Waals surface area contributed by atoms with E-state index < -0.39 is 40.2 Å². The minimum absolute atomic E-state index is 0.110. The highest BCUT2D eigenvalue weighted by Gasteiger charge is 2.40. The first-order chi connectivity index (χ1) is 19.0. The summed E-state index contributed by atoms with van der Waals surface area (Å²) in [5, 5.41) is 5.97. The molecule has 2 fully saturated rings. The molecule has 2 aromatic heterocycles. The Kier molecular flexibility index (Phi) is 7.60. The Labute approximate surface area is 231 Å². The van der Waals surface area contributed by atoms with Gasteiger partial charge in [-0.25, -0.2) is 18.2 Å². The van der Waals surface area contributed by atoms with Crippen LogP contribution in [0.25, 0.3) is 22.2 Å². The van der Waals surface area contributed by atoms with Crippen LogP contribution in [-0.4, -0.2) is 51.5 Å². The number of fused-ring (bicyclic) bond motifs is 1. The summed E-state index contributed by atoms with van der Waals surface area (Å²) in [6.07, 6.45) is 6.17. The highest BCUT2D eigenvalue weighted by molar-refractivity contribution is 5.95. The fourth-order valence-corrected chi connectivity index (χ4v) is 5.59. The highest BCUT2D eigenvalue weighted by Crippen LogP contribution is 2.39. The maximum atomic E-state index is 15.3. The molecule has 2 heterocycles. The van der Waals surface area contributed by atoms with Crippen molar-refractivity contribution in [1.29, 1.82) is 0 Å². The Bertz CT molecular complexity index is 1510. The molecule has 2 aliphatic carbocycles. The molecular formula is C29H35F3N6O2. The zero-order valence-electron chi connectivity index (χ0n) is 23.4. The van der Waals surface area contributed by atoms with Crippen molar-refractivity contribution in [2.75, 3.05) is 24.7 Å². The lowest BCUT2D eigenvalue weighted by molar-refractivity contribution is -0.117. The topological polar surface area (TPSA) is 92.1 Å². The third-order valence-corrected chi connectivity index (χ3v) is 8.19. The van der Waals surface area contributed by atoms with Crippen molar-refractivity contribution in [2.24, 2.45) is 11.8 Å². The first-order valence-corrected chi connectivity index (χ1v) is 13.8. The highest BCUT2D eigenvalue weighted by atomic mass is 19.2. The summed E-state index contributed by atoms with van der Waals surface area (Å²) >= 11 is 0. The molecule has 0 spiro atoms. The molecule has 8 nitrogen and oxygen atoms in total. The predicted octanol–water partition coefficient (Wildman–Crippen LogP) is 5.34. The van der Waals surface area contributed by atoms with E-state index in [2.05, 4.69) is 39.6 Å². The zero-order chi connectivity index (χ0) is 28.9. The predicted molar refractivity (Wildman–Crippen MR) is 149 cm³/mol. The number of anilines is 2. The largest absolute Gasteiger partial charge is 0.351 e. The fraction of sp³-hybridized carbons (Fsp3) is 0.517. The molecule has 0 aliphatic heterocycles. The number of pyridine rings is 1. The molecule has 0 bridgehead atoms. The molecule has 2 saturated carbocycles. The Balaban J connectivity index is 1.49. The zero-order valence-corrected chi connectivity index (χ0v) is 23.4. The van der Waals surface area contributed by atoms with Crippen LogP contribution in [0.3, 0.4) is 0 Å². The molecular weight excluding hydrogens is 521 g/mol. The lowest BCUT2D eigenvalue weighted by Gasteiger charge is -2.33. The van der Waals surface area contributed by atoms with Crippen LogP contribution in [0, 0.1) is 29.3 Å². The maximum Gasteiger partial charge on any atom is 0.260 e. The lowest BCUT2D eigenvalue weighted by atomic mass is 9.91. The normalized spacial score (nSPS) is 22.6. The minimum Gasteiger partial charge on any atom is -0.351 e. The van der Waals surface area contributed by atoms with Crippen LogP contribution in [0.1, 0.15) is 58.9 Å². The van der Waals surface area contributed by atoms with Gasteiger partial charge in [0.25, 0.3) is 5.56 Å². The summed E-state index contributed by atoms with van der Waals surface area (Å²) < 4.78 is 46.7. The van der Waals surface area contributed by atoms with Crippen LogP contribution < -0.4 is 16.2 Å². The molecule has 1 aromatic carbocycles. The summed E-state index contributed by atoms with van der Waals surface area (Å²) in [6.45, 7) is 5.40. The van der Waals surface area contributed by atoms with Crippen molar-refractivity contribution in [3.63, 3.8) is 0 Å².